The monoisotopic (exact) mass is 464 g/mol. The fraction of sp³-hybridized carbons (Fsp3) is 0.300. The van der Waals surface area contributed by atoms with Crippen LogP contribution in [-0.2, 0) is 26.9 Å². The van der Waals surface area contributed by atoms with Crippen LogP contribution in [0, 0.1) is 0 Å². The van der Waals surface area contributed by atoms with E-state index in [0.29, 0.717) is 28.4 Å². The summed E-state index contributed by atoms with van der Waals surface area (Å²) in [5.41, 5.74) is 1.54. The minimum absolute atomic E-state index is 0.185. The van der Waals surface area contributed by atoms with E-state index < -0.39 is 21.5 Å². The average Bonchev–Trinajstić information content (AvgIpc) is 3.27. The van der Waals surface area contributed by atoms with Crippen LogP contribution >= 0.6 is 23.1 Å². The van der Waals surface area contributed by atoms with Crippen LogP contribution in [0.4, 0.5) is 0 Å². The second-order valence-corrected chi connectivity index (χ2v) is 10.8. The van der Waals surface area contributed by atoms with Crippen molar-refractivity contribution in [3.63, 3.8) is 0 Å². The molecule has 0 radical (unpaired) electrons. The number of hydrogen-bond acceptors (Lipinski definition) is 7. The number of carbonyl (C=O) groups is 1. The first-order valence-electron chi connectivity index (χ1n) is 9.19. The van der Waals surface area contributed by atoms with Gasteiger partial charge in [-0.2, -0.15) is 16.8 Å². The van der Waals surface area contributed by atoms with Gasteiger partial charge in [0, 0.05) is 24.4 Å². The van der Waals surface area contributed by atoms with Gasteiger partial charge in [0.25, 0.3) is 5.91 Å². The minimum Gasteiger partial charge on any atom is -0.454 e. The first kappa shape index (κ1) is 21.0. The van der Waals surface area contributed by atoms with Crippen molar-refractivity contribution in [2.45, 2.75) is 12.3 Å². The summed E-state index contributed by atoms with van der Waals surface area (Å²) in [6.45, 7) is 0.829. The SMILES string of the molecule is CSCCn1c(=NC(=O)CS(=O)(=O)Cc2ccccc2)sc2cc3c(cc21)OCO3. The molecule has 2 heterocycles. The molecule has 0 saturated carbocycles. The maximum atomic E-state index is 12.5. The number of ether oxygens (including phenoxy) is 2. The van der Waals surface area contributed by atoms with E-state index in [1.54, 1.807) is 36.0 Å². The molecule has 30 heavy (non-hydrogen) atoms. The number of aryl methyl sites for hydroxylation is 1. The van der Waals surface area contributed by atoms with Crippen LogP contribution in [0.1, 0.15) is 5.56 Å². The van der Waals surface area contributed by atoms with E-state index >= 15 is 0 Å². The van der Waals surface area contributed by atoms with Gasteiger partial charge >= 0.3 is 0 Å². The molecule has 0 spiro atoms. The number of thioether (sulfide) groups is 1. The predicted octanol–water partition coefficient (Wildman–Crippen LogP) is 2.84. The highest BCUT2D eigenvalue weighted by Crippen LogP contribution is 2.37. The molecule has 0 fully saturated rings. The summed E-state index contributed by atoms with van der Waals surface area (Å²) >= 11 is 3.01. The Morgan fingerprint density at radius 1 is 1.20 bits per heavy atom. The zero-order valence-corrected chi connectivity index (χ0v) is 18.7. The average molecular weight is 465 g/mol. The molecule has 0 unspecified atom stereocenters. The molecule has 1 aliphatic rings. The van der Waals surface area contributed by atoms with Gasteiger partial charge in [-0.25, -0.2) is 8.42 Å². The zero-order valence-electron chi connectivity index (χ0n) is 16.2. The first-order valence-corrected chi connectivity index (χ1v) is 13.2. The summed E-state index contributed by atoms with van der Waals surface area (Å²) in [5, 5.41) is 0. The summed E-state index contributed by atoms with van der Waals surface area (Å²) < 4.78 is 38.6. The number of nitrogens with zero attached hydrogens (tertiary/aromatic N) is 2. The van der Waals surface area contributed by atoms with Gasteiger partial charge in [0.2, 0.25) is 6.79 Å². The summed E-state index contributed by atoms with van der Waals surface area (Å²) in [7, 11) is -3.61. The van der Waals surface area contributed by atoms with Crippen molar-refractivity contribution in [2.75, 3.05) is 24.6 Å². The summed E-state index contributed by atoms with van der Waals surface area (Å²) in [6.07, 6.45) is 2.00. The number of amides is 1. The van der Waals surface area contributed by atoms with Gasteiger partial charge in [-0.15, -0.1) is 0 Å². The van der Waals surface area contributed by atoms with Crippen molar-refractivity contribution in [1.29, 1.82) is 0 Å². The van der Waals surface area contributed by atoms with Gasteiger partial charge in [-0.3, -0.25) is 4.79 Å². The molecule has 0 bridgehead atoms. The highest BCUT2D eigenvalue weighted by atomic mass is 32.2. The van der Waals surface area contributed by atoms with E-state index in [2.05, 4.69) is 4.99 Å². The molecule has 0 N–H and O–H groups in total. The van der Waals surface area contributed by atoms with Crippen molar-refractivity contribution in [1.82, 2.24) is 4.57 Å². The lowest BCUT2D eigenvalue weighted by atomic mass is 10.2. The van der Waals surface area contributed by atoms with E-state index in [0.717, 1.165) is 16.0 Å². The topological polar surface area (TPSA) is 87.0 Å². The lowest BCUT2D eigenvalue weighted by molar-refractivity contribution is -0.115. The maximum Gasteiger partial charge on any atom is 0.263 e. The molecule has 0 atom stereocenters. The molecule has 1 amide bonds. The standard InChI is InChI=1S/C20H20N2O5S3/c1-28-8-7-22-15-9-16-17(27-13-26-16)10-18(15)29-20(22)21-19(23)12-30(24,25)11-14-5-3-2-4-6-14/h2-6,9-10H,7-8,11-13H2,1H3. The number of thiazole rings is 1. The third-order valence-electron chi connectivity index (χ3n) is 4.49. The predicted molar refractivity (Wildman–Crippen MR) is 119 cm³/mol. The molecular formula is C20H20N2O5S3. The molecule has 158 valence electrons. The number of fused-ring (bicyclic) bond motifs is 2. The van der Waals surface area contributed by atoms with Crippen molar-refractivity contribution in [3.8, 4) is 11.5 Å². The molecule has 2 aromatic carbocycles. The third-order valence-corrected chi connectivity index (χ3v) is 7.58. The largest absolute Gasteiger partial charge is 0.454 e. The van der Waals surface area contributed by atoms with Crippen LogP contribution in [0.5, 0.6) is 11.5 Å². The number of rotatable bonds is 7. The second-order valence-electron chi connectivity index (χ2n) is 6.73. The maximum absolute atomic E-state index is 12.5. The lowest BCUT2D eigenvalue weighted by Crippen LogP contribution is -2.22. The van der Waals surface area contributed by atoms with E-state index in [-0.39, 0.29) is 12.5 Å². The lowest BCUT2D eigenvalue weighted by Gasteiger charge is -2.05. The Morgan fingerprint density at radius 3 is 2.67 bits per heavy atom. The normalized spacial score (nSPS) is 13.8. The number of carbonyl (C=O) groups excluding carboxylic acids is 1. The van der Waals surface area contributed by atoms with Crippen LogP contribution in [0.15, 0.2) is 47.5 Å². The Bertz CT molecular complexity index is 1250. The fourth-order valence-electron chi connectivity index (χ4n) is 3.15. The molecular weight excluding hydrogens is 444 g/mol. The quantitative estimate of drug-likeness (QED) is 0.534. The van der Waals surface area contributed by atoms with E-state index in [1.807, 2.05) is 29.0 Å². The molecule has 0 aliphatic carbocycles. The van der Waals surface area contributed by atoms with Crippen molar-refractivity contribution in [3.05, 3.63) is 52.8 Å². The smallest absolute Gasteiger partial charge is 0.263 e. The van der Waals surface area contributed by atoms with Gasteiger partial charge < -0.3 is 14.0 Å². The van der Waals surface area contributed by atoms with Crippen LogP contribution in [-0.4, -0.2) is 43.4 Å². The van der Waals surface area contributed by atoms with Gasteiger partial charge in [-0.1, -0.05) is 41.7 Å². The number of benzene rings is 2. The van der Waals surface area contributed by atoms with Gasteiger partial charge in [-0.05, 0) is 11.8 Å². The highest BCUT2D eigenvalue weighted by molar-refractivity contribution is 7.98. The van der Waals surface area contributed by atoms with Crippen molar-refractivity contribution >= 4 is 49.1 Å². The Labute approximate surface area is 182 Å². The Hall–Kier alpha value is -2.30. The van der Waals surface area contributed by atoms with Gasteiger partial charge in [0.15, 0.2) is 26.1 Å². The number of aromatic nitrogens is 1. The van der Waals surface area contributed by atoms with E-state index in [9.17, 15) is 13.2 Å². The number of sulfone groups is 1. The zero-order chi connectivity index (χ0) is 21.1. The summed E-state index contributed by atoms with van der Waals surface area (Å²) in [5.74, 6) is 0.658. The van der Waals surface area contributed by atoms with Crippen LogP contribution in [0.3, 0.4) is 0 Å². The van der Waals surface area contributed by atoms with Gasteiger partial charge in [0.05, 0.1) is 16.0 Å². The third kappa shape index (κ3) is 4.71. The van der Waals surface area contributed by atoms with Crippen molar-refractivity contribution < 1.29 is 22.7 Å². The molecule has 1 aromatic heterocycles. The van der Waals surface area contributed by atoms with Gasteiger partial charge in [0.1, 0.15) is 5.75 Å². The highest BCUT2D eigenvalue weighted by Gasteiger charge is 2.20. The number of hydrogen-bond donors (Lipinski definition) is 0. The molecule has 4 rings (SSSR count). The summed E-state index contributed by atoms with van der Waals surface area (Å²) in [6, 6.07) is 12.6. The Balaban J connectivity index is 1.64. The molecule has 3 aromatic rings. The van der Waals surface area contributed by atoms with Crippen LogP contribution in [0.25, 0.3) is 10.2 Å². The fourth-order valence-corrected chi connectivity index (χ4v) is 5.84. The van der Waals surface area contributed by atoms with E-state index in [4.69, 9.17) is 9.47 Å². The second kappa shape index (κ2) is 8.83. The van der Waals surface area contributed by atoms with E-state index in [1.165, 1.54) is 11.3 Å². The van der Waals surface area contributed by atoms with Crippen molar-refractivity contribution in [2.24, 2.45) is 4.99 Å². The molecule has 1 aliphatic heterocycles. The molecule has 7 nitrogen and oxygen atoms in total. The van der Waals surface area contributed by atoms with Crippen LogP contribution in [0.2, 0.25) is 0 Å². The minimum atomic E-state index is -3.61. The molecule has 10 heteroatoms. The Morgan fingerprint density at radius 2 is 1.93 bits per heavy atom. The molecule has 0 saturated heterocycles. The van der Waals surface area contributed by atoms with Crippen LogP contribution < -0.4 is 14.3 Å². The Kier molecular flexibility index (Phi) is 6.16. The summed E-state index contributed by atoms with van der Waals surface area (Å²) in [4.78, 5) is 17.1. The first-order chi connectivity index (χ1) is 14.4.